The molecule has 2 unspecified atom stereocenters. The molecule has 0 fully saturated rings. The topological polar surface area (TPSA) is 32.3 Å². The minimum atomic E-state index is -0.372. The Morgan fingerprint density at radius 1 is 0.854 bits per heavy atom. The third-order valence-electron chi connectivity index (χ3n) is 8.29. The molecule has 0 saturated carbocycles. The molecule has 2 atom stereocenters. The molecule has 0 spiro atoms. The molecule has 4 aromatic carbocycles. The fourth-order valence-electron chi connectivity index (χ4n) is 6.15. The molecule has 0 aromatic heterocycles. The van der Waals surface area contributed by atoms with Crippen molar-refractivity contribution in [3.05, 3.63) is 141 Å². The maximum Gasteiger partial charge on any atom is 0.163 e. The third kappa shape index (κ3) is 5.54. The largest absolute Gasteiger partial charge is 0.357 e. The van der Waals surface area contributed by atoms with Crippen molar-refractivity contribution in [2.75, 3.05) is 10.2 Å². The van der Waals surface area contributed by atoms with Crippen LogP contribution in [-0.2, 0) is 16.8 Å². The minimum absolute atomic E-state index is 0.0798. The summed E-state index contributed by atoms with van der Waals surface area (Å²) in [5.74, 6) is 0.238. The summed E-state index contributed by atoms with van der Waals surface area (Å²) in [5, 5.41) is 4.85. The number of nitrogens with one attached hydrogen (secondary N) is 1. The smallest absolute Gasteiger partial charge is 0.163 e. The van der Waals surface area contributed by atoms with Gasteiger partial charge in [-0.3, -0.25) is 4.79 Å². The van der Waals surface area contributed by atoms with Crippen molar-refractivity contribution in [3.63, 3.8) is 0 Å². The van der Waals surface area contributed by atoms with Gasteiger partial charge in [-0.1, -0.05) is 117 Å². The normalized spacial score (nSPS) is 18.9. The lowest BCUT2D eigenvalue weighted by Crippen LogP contribution is -2.34. The molecule has 6 rings (SSSR count). The van der Waals surface area contributed by atoms with Crippen LogP contribution in [0.5, 0.6) is 0 Å². The molecule has 208 valence electrons. The van der Waals surface area contributed by atoms with Gasteiger partial charge in [0.25, 0.3) is 0 Å². The Morgan fingerprint density at radius 3 is 2.27 bits per heavy atom. The Morgan fingerprint density at radius 2 is 1.56 bits per heavy atom. The number of halogens is 2. The van der Waals surface area contributed by atoms with Crippen molar-refractivity contribution >= 4 is 40.4 Å². The summed E-state index contributed by atoms with van der Waals surface area (Å²) in [6.45, 7) is 7.28. The Balaban J connectivity index is 1.49. The number of Topliss-reactive ketones (excluding diaryl/α,β-unsaturated/α-hetero) is 1. The minimum Gasteiger partial charge on any atom is -0.357 e. The van der Waals surface area contributed by atoms with Crippen LogP contribution in [0.1, 0.15) is 67.8 Å². The fourth-order valence-corrected chi connectivity index (χ4v) is 6.66. The van der Waals surface area contributed by atoms with Crippen molar-refractivity contribution in [1.29, 1.82) is 0 Å². The van der Waals surface area contributed by atoms with Crippen molar-refractivity contribution in [2.45, 2.75) is 57.5 Å². The van der Waals surface area contributed by atoms with E-state index in [4.69, 9.17) is 23.2 Å². The predicted octanol–water partition coefficient (Wildman–Crippen LogP) is 9.87. The highest BCUT2D eigenvalue weighted by molar-refractivity contribution is 6.35. The van der Waals surface area contributed by atoms with E-state index in [1.807, 2.05) is 42.5 Å². The lowest BCUT2D eigenvalue weighted by Gasteiger charge is -2.37. The standard InChI is InChI=1S/C36H34Cl2N2O/c1-36(2,3)26-15-13-24(14-16-26)25-19-31-34(33(41)20-25)35(28-18-17-27(37)21-29(28)38)40(22-23-9-5-4-6-10-23)32-12-8-7-11-30(32)39-31/h4-18,21,25,35,39H,19-20,22H2,1-3H3. The maximum absolute atomic E-state index is 14.3. The summed E-state index contributed by atoms with van der Waals surface area (Å²) < 4.78 is 0. The summed E-state index contributed by atoms with van der Waals surface area (Å²) in [5.41, 5.74) is 8.35. The van der Waals surface area contributed by atoms with E-state index < -0.39 is 0 Å². The van der Waals surface area contributed by atoms with Crippen LogP contribution in [0.4, 0.5) is 11.4 Å². The Bertz CT molecular complexity index is 1620. The van der Waals surface area contributed by atoms with Gasteiger partial charge in [-0.2, -0.15) is 0 Å². The number of rotatable bonds is 4. The van der Waals surface area contributed by atoms with Crippen molar-refractivity contribution < 1.29 is 4.79 Å². The number of hydrogen-bond donors (Lipinski definition) is 1. The molecule has 1 aliphatic carbocycles. The number of nitrogens with zero attached hydrogens (tertiary/aromatic N) is 1. The van der Waals surface area contributed by atoms with Gasteiger partial charge in [-0.15, -0.1) is 0 Å². The van der Waals surface area contributed by atoms with E-state index >= 15 is 0 Å². The second-order valence-electron chi connectivity index (χ2n) is 12.1. The molecule has 2 aliphatic rings. The lowest BCUT2D eigenvalue weighted by molar-refractivity contribution is -0.116. The van der Waals surface area contributed by atoms with Gasteiger partial charge in [0, 0.05) is 34.3 Å². The van der Waals surface area contributed by atoms with Crippen LogP contribution in [0.3, 0.4) is 0 Å². The zero-order valence-electron chi connectivity index (χ0n) is 23.6. The predicted molar refractivity (Wildman–Crippen MR) is 171 cm³/mol. The van der Waals surface area contributed by atoms with E-state index in [-0.39, 0.29) is 23.2 Å². The van der Waals surface area contributed by atoms with E-state index in [0.29, 0.717) is 23.0 Å². The van der Waals surface area contributed by atoms with Crippen molar-refractivity contribution in [2.24, 2.45) is 0 Å². The van der Waals surface area contributed by atoms with Crippen molar-refractivity contribution in [3.8, 4) is 0 Å². The highest BCUT2D eigenvalue weighted by Crippen LogP contribution is 2.49. The van der Waals surface area contributed by atoms with Crippen LogP contribution >= 0.6 is 23.2 Å². The molecule has 0 bridgehead atoms. The summed E-state index contributed by atoms with van der Waals surface area (Å²) in [4.78, 5) is 16.6. The average Bonchev–Trinajstić information content (AvgIpc) is 3.08. The van der Waals surface area contributed by atoms with Crippen LogP contribution in [0.15, 0.2) is 108 Å². The van der Waals surface area contributed by atoms with Gasteiger partial charge in [0.2, 0.25) is 0 Å². The molecule has 1 heterocycles. The third-order valence-corrected chi connectivity index (χ3v) is 8.86. The first-order chi connectivity index (χ1) is 19.7. The molecule has 1 N–H and O–H groups in total. The van der Waals surface area contributed by atoms with Crippen molar-refractivity contribution in [1.82, 2.24) is 0 Å². The summed E-state index contributed by atoms with van der Waals surface area (Å²) in [6.07, 6.45) is 1.19. The van der Waals surface area contributed by atoms with E-state index in [0.717, 1.165) is 40.2 Å². The number of benzene rings is 4. The number of anilines is 2. The van der Waals surface area contributed by atoms with Crippen LogP contribution in [0.25, 0.3) is 0 Å². The van der Waals surface area contributed by atoms with Crippen LogP contribution in [-0.4, -0.2) is 5.78 Å². The first-order valence-electron chi connectivity index (χ1n) is 14.2. The van der Waals surface area contributed by atoms with Gasteiger partial charge in [-0.25, -0.2) is 0 Å². The molecule has 5 heteroatoms. The molecule has 4 aromatic rings. The van der Waals surface area contributed by atoms with Gasteiger partial charge in [0.05, 0.1) is 17.4 Å². The number of hydrogen-bond acceptors (Lipinski definition) is 3. The Hall–Kier alpha value is -3.53. The number of allylic oxidation sites excluding steroid dienone is 1. The highest BCUT2D eigenvalue weighted by Gasteiger charge is 2.40. The number of carbonyl (C=O) groups excluding carboxylic acids is 1. The van der Waals surface area contributed by atoms with Gasteiger partial charge in [0.15, 0.2) is 5.78 Å². The summed E-state index contributed by atoms with van der Waals surface area (Å²) in [6, 6.07) is 32.7. The van der Waals surface area contributed by atoms with Gasteiger partial charge in [0.1, 0.15) is 0 Å². The SMILES string of the molecule is CC(C)(C)c1ccc(C2CC(=O)C3=C(C2)Nc2ccccc2N(Cc2ccccc2)C3c2ccc(Cl)cc2Cl)cc1. The number of para-hydroxylation sites is 2. The van der Waals surface area contributed by atoms with Crippen LogP contribution in [0, 0.1) is 0 Å². The first-order valence-corrected chi connectivity index (χ1v) is 14.9. The average molecular weight is 582 g/mol. The van der Waals surface area contributed by atoms with Gasteiger partial charge in [-0.05, 0) is 64.3 Å². The van der Waals surface area contributed by atoms with E-state index in [1.165, 1.54) is 11.1 Å². The lowest BCUT2D eigenvalue weighted by atomic mass is 9.77. The molecule has 0 amide bonds. The number of carbonyl (C=O) groups is 1. The van der Waals surface area contributed by atoms with Crippen LogP contribution < -0.4 is 10.2 Å². The van der Waals surface area contributed by atoms with Crippen LogP contribution in [0.2, 0.25) is 10.0 Å². The highest BCUT2D eigenvalue weighted by atomic mass is 35.5. The number of fused-ring (bicyclic) bond motifs is 1. The second kappa shape index (κ2) is 11.0. The summed E-state index contributed by atoms with van der Waals surface area (Å²) in [7, 11) is 0. The maximum atomic E-state index is 14.3. The van der Waals surface area contributed by atoms with Gasteiger partial charge >= 0.3 is 0 Å². The second-order valence-corrected chi connectivity index (χ2v) is 13.0. The van der Waals surface area contributed by atoms with Gasteiger partial charge < -0.3 is 10.2 Å². The fraction of sp³-hybridized carbons (Fsp3) is 0.250. The molecule has 1 aliphatic heterocycles. The quantitative estimate of drug-likeness (QED) is 0.260. The molecule has 3 nitrogen and oxygen atoms in total. The zero-order valence-corrected chi connectivity index (χ0v) is 25.1. The molecule has 0 radical (unpaired) electrons. The monoisotopic (exact) mass is 580 g/mol. The molecular weight excluding hydrogens is 547 g/mol. The Kier molecular flexibility index (Phi) is 7.44. The zero-order chi connectivity index (χ0) is 28.7. The Labute approximate surface area is 252 Å². The summed E-state index contributed by atoms with van der Waals surface area (Å²) >= 11 is 13.2. The molecule has 0 saturated heterocycles. The number of ketones is 1. The van der Waals surface area contributed by atoms with E-state index in [9.17, 15) is 4.79 Å². The van der Waals surface area contributed by atoms with E-state index in [2.05, 4.69) is 79.5 Å². The molecule has 41 heavy (non-hydrogen) atoms. The first kappa shape index (κ1) is 27.6. The molecular formula is C36H34Cl2N2O. The van der Waals surface area contributed by atoms with E-state index in [1.54, 1.807) is 6.07 Å².